The molecule has 3 heterocycles. The second kappa shape index (κ2) is 9.78. The average Bonchev–Trinajstić information content (AvgIpc) is 3.23. The maximum Gasteiger partial charge on any atom is 0.233 e. The van der Waals surface area contributed by atoms with Gasteiger partial charge in [-0.1, -0.05) is 30.3 Å². The number of piperazine rings is 1. The van der Waals surface area contributed by atoms with Crippen LogP contribution in [0.4, 0.5) is 0 Å². The summed E-state index contributed by atoms with van der Waals surface area (Å²) in [7, 11) is 0. The number of aliphatic hydroxyl groups excluding tert-OH is 1. The van der Waals surface area contributed by atoms with Crippen molar-refractivity contribution in [1.29, 1.82) is 0 Å². The van der Waals surface area contributed by atoms with E-state index in [1.807, 2.05) is 18.3 Å². The Labute approximate surface area is 172 Å². The van der Waals surface area contributed by atoms with E-state index < -0.39 is 0 Å². The molecule has 0 unspecified atom stereocenters. The number of hydrogen-bond donors (Lipinski definition) is 1. The molecule has 0 saturated carbocycles. The SMILES string of the molecule is OCC[C@H]1CN(Cc2cccn2-c2ncccn2)CCN1CCc1ccccc1. The van der Waals surface area contributed by atoms with E-state index >= 15 is 0 Å². The molecule has 6 nitrogen and oxygen atoms in total. The highest BCUT2D eigenvalue weighted by atomic mass is 16.3. The lowest BCUT2D eigenvalue weighted by molar-refractivity contribution is 0.0553. The van der Waals surface area contributed by atoms with Crippen LogP contribution < -0.4 is 0 Å². The van der Waals surface area contributed by atoms with Crippen LogP contribution in [0.15, 0.2) is 67.1 Å². The van der Waals surface area contributed by atoms with E-state index in [9.17, 15) is 5.11 Å². The highest BCUT2D eigenvalue weighted by molar-refractivity contribution is 5.20. The van der Waals surface area contributed by atoms with Crippen molar-refractivity contribution >= 4 is 0 Å². The van der Waals surface area contributed by atoms with Gasteiger partial charge < -0.3 is 5.11 Å². The third-order valence-corrected chi connectivity index (χ3v) is 5.67. The van der Waals surface area contributed by atoms with Crippen LogP contribution in [0.25, 0.3) is 5.95 Å². The van der Waals surface area contributed by atoms with Crippen molar-refractivity contribution in [2.45, 2.75) is 25.4 Å². The molecular formula is C23H29N5O. The molecule has 1 aromatic carbocycles. The van der Waals surface area contributed by atoms with Crippen LogP contribution in [-0.4, -0.2) is 68.3 Å². The predicted octanol–water partition coefficient (Wildman–Crippen LogP) is 2.38. The van der Waals surface area contributed by atoms with Crippen molar-refractivity contribution in [3.8, 4) is 5.95 Å². The van der Waals surface area contributed by atoms with Crippen LogP contribution in [0.2, 0.25) is 0 Å². The Bertz CT molecular complexity index is 867. The molecule has 29 heavy (non-hydrogen) atoms. The van der Waals surface area contributed by atoms with E-state index in [1.165, 1.54) is 11.3 Å². The van der Waals surface area contributed by atoms with Crippen molar-refractivity contribution in [1.82, 2.24) is 24.3 Å². The molecule has 152 valence electrons. The third kappa shape index (κ3) is 5.09. The molecule has 3 aromatic rings. The molecule has 1 fully saturated rings. The molecule has 0 amide bonds. The highest BCUT2D eigenvalue weighted by Gasteiger charge is 2.27. The smallest absolute Gasteiger partial charge is 0.233 e. The zero-order valence-corrected chi connectivity index (χ0v) is 16.8. The van der Waals surface area contributed by atoms with Crippen LogP contribution in [0.3, 0.4) is 0 Å². The summed E-state index contributed by atoms with van der Waals surface area (Å²) >= 11 is 0. The first kappa shape index (κ1) is 19.8. The van der Waals surface area contributed by atoms with E-state index in [1.54, 1.807) is 12.4 Å². The second-order valence-corrected chi connectivity index (χ2v) is 7.59. The Morgan fingerprint density at radius 3 is 2.59 bits per heavy atom. The van der Waals surface area contributed by atoms with Crippen molar-refractivity contribution in [2.24, 2.45) is 0 Å². The lowest BCUT2D eigenvalue weighted by atomic mass is 10.1. The Morgan fingerprint density at radius 2 is 1.79 bits per heavy atom. The van der Waals surface area contributed by atoms with E-state index in [-0.39, 0.29) is 6.61 Å². The molecule has 2 aromatic heterocycles. The molecule has 1 aliphatic rings. The van der Waals surface area contributed by atoms with Crippen LogP contribution >= 0.6 is 0 Å². The first-order valence-electron chi connectivity index (χ1n) is 10.4. The van der Waals surface area contributed by atoms with Crippen molar-refractivity contribution in [3.05, 3.63) is 78.4 Å². The standard InChI is InChI=1S/C23H29N5O/c29-17-10-21-18-26(15-16-27(21)14-9-20-6-2-1-3-7-20)19-22-8-4-13-28(22)23-24-11-5-12-25-23/h1-8,11-13,21,29H,9-10,14-19H2/t21-/m0/s1. The number of rotatable bonds is 8. The largest absolute Gasteiger partial charge is 0.396 e. The van der Waals surface area contributed by atoms with Gasteiger partial charge in [-0.05, 0) is 36.6 Å². The van der Waals surface area contributed by atoms with Gasteiger partial charge in [-0.25, -0.2) is 9.97 Å². The van der Waals surface area contributed by atoms with Gasteiger partial charge in [-0.2, -0.15) is 0 Å². The lowest BCUT2D eigenvalue weighted by Crippen LogP contribution is -2.53. The summed E-state index contributed by atoms with van der Waals surface area (Å²) in [5, 5.41) is 9.59. The van der Waals surface area contributed by atoms with Gasteiger partial charge in [-0.15, -0.1) is 0 Å². The minimum atomic E-state index is 0.231. The van der Waals surface area contributed by atoms with Crippen molar-refractivity contribution < 1.29 is 5.11 Å². The third-order valence-electron chi connectivity index (χ3n) is 5.67. The second-order valence-electron chi connectivity index (χ2n) is 7.59. The zero-order chi connectivity index (χ0) is 19.9. The summed E-state index contributed by atoms with van der Waals surface area (Å²) in [5.41, 5.74) is 2.56. The molecule has 0 bridgehead atoms. The van der Waals surface area contributed by atoms with Gasteiger partial charge in [0.25, 0.3) is 0 Å². The fraction of sp³-hybridized carbons (Fsp3) is 0.391. The molecular weight excluding hydrogens is 362 g/mol. The molecule has 0 spiro atoms. The average molecular weight is 392 g/mol. The van der Waals surface area contributed by atoms with Gasteiger partial charge in [0.15, 0.2) is 0 Å². The number of hydrogen-bond acceptors (Lipinski definition) is 5. The first-order valence-corrected chi connectivity index (χ1v) is 10.4. The molecule has 1 atom stereocenters. The fourth-order valence-electron chi connectivity index (χ4n) is 4.12. The van der Waals surface area contributed by atoms with E-state index in [0.717, 1.165) is 45.6 Å². The van der Waals surface area contributed by atoms with Gasteiger partial charge in [0, 0.05) is 69.7 Å². The normalized spacial score (nSPS) is 18.2. The molecule has 6 heteroatoms. The van der Waals surface area contributed by atoms with Gasteiger partial charge in [0.2, 0.25) is 5.95 Å². The minimum absolute atomic E-state index is 0.231. The van der Waals surface area contributed by atoms with Gasteiger partial charge in [0.1, 0.15) is 0 Å². The maximum absolute atomic E-state index is 9.59. The summed E-state index contributed by atoms with van der Waals surface area (Å²) in [6.45, 7) is 5.15. The van der Waals surface area contributed by atoms with Crippen LogP contribution in [0, 0.1) is 0 Å². The molecule has 1 saturated heterocycles. The maximum atomic E-state index is 9.59. The predicted molar refractivity (Wildman–Crippen MR) is 114 cm³/mol. The van der Waals surface area contributed by atoms with Crippen molar-refractivity contribution in [3.63, 3.8) is 0 Å². The fourth-order valence-corrected chi connectivity index (χ4v) is 4.12. The van der Waals surface area contributed by atoms with Gasteiger partial charge >= 0.3 is 0 Å². The molecule has 1 N–H and O–H groups in total. The van der Waals surface area contributed by atoms with Crippen LogP contribution in [0.5, 0.6) is 0 Å². The van der Waals surface area contributed by atoms with E-state index in [0.29, 0.717) is 12.0 Å². The number of benzene rings is 1. The van der Waals surface area contributed by atoms with Gasteiger partial charge in [-0.3, -0.25) is 14.4 Å². The summed E-state index contributed by atoms with van der Waals surface area (Å²) in [6.07, 6.45) is 7.43. The van der Waals surface area contributed by atoms with E-state index in [4.69, 9.17) is 0 Å². The number of aliphatic hydroxyl groups is 1. The first-order chi connectivity index (χ1) is 14.3. The quantitative estimate of drug-likeness (QED) is 0.639. The van der Waals surface area contributed by atoms with Crippen LogP contribution in [-0.2, 0) is 13.0 Å². The summed E-state index contributed by atoms with van der Waals surface area (Å²) in [4.78, 5) is 13.8. The Balaban J connectivity index is 1.38. The monoisotopic (exact) mass is 391 g/mol. The topological polar surface area (TPSA) is 57.4 Å². The minimum Gasteiger partial charge on any atom is -0.396 e. The molecule has 4 rings (SSSR count). The van der Waals surface area contributed by atoms with Crippen LogP contribution in [0.1, 0.15) is 17.7 Å². The van der Waals surface area contributed by atoms with Gasteiger partial charge in [0.05, 0.1) is 0 Å². The highest BCUT2D eigenvalue weighted by Crippen LogP contribution is 2.18. The molecule has 0 radical (unpaired) electrons. The lowest BCUT2D eigenvalue weighted by Gasteiger charge is -2.41. The van der Waals surface area contributed by atoms with Crippen molar-refractivity contribution in [2.75, 3.05) is 32.8 Å². The summed E-state index contributed by atoms with van der Waals surface area (Å²) < 4.78 is 2.06. The zero-order valence-electron chi connectivity index (χ0n) is 16.8. The Morgan fingerprint density at radius 1 is 0.966 bits per heavy atom. The molecule has 1 aliphatic heterocycles. The Hall–Kier alpha value is -2.54. The number of nitrogens with zero attached hydrogens (tertiary/aromatic N) is 5. The summed E-state index contributed by atoms with van der Waals surface area (Å²) in [5.74, 6) is 0.709. The Kier molecular flexibility index (Phi) is 6.67. The van der Waals surface area contributed by atoms with E-state index in [2.05, 4.69) is 60.7 Å². The molecule has 0 aliphatic carbocycles. The number of aromatic nitrogens is 3. The summed E-state index contributed by atoms with van der Waals surface area (Å²) in [6, 6.07) is 17.1.